The molecule has 0 aliphatic heterocycles. The number of ketones is 1. The molecule has 0 heterocycles. The number of hydrogen-bond acceptors (Lipinski definition) is 6. The van der Waals surface area contributed by atoms with Crippen LogP contribution < -0.4 is 9.64 Å². The van der Waals surface area contributed by atoms with Gasteiger partial charge in [-0.15, -0.1) is 0 Å². The zero-order valence-electron chi connectivity index (χ0n) is 18.3. The Labute approximate surface area is 191 Å². The minimum absolute atomic E-state index is 0.0608. The fraction of sp³-hybridized carbons (Fsp3) is 0.154. The largest absolute Gasteiger partial charge is 0.497 e. The summed E-state index contributed by atoms with van der Waals surface area (Å²) in [5.74, 6) is -0.919. The molecule has 3 aromatic carbocycles. The molecule has 0 aromatic heterocycles. The molecule has 168 valence electrons. The number of esters is 1. The van der Waals surface area contributed by atoms with Crippen LogP contribution in [0.4, 0.5) is 5.69 Å². The maximum atomic E-state index is 13.1. The van der Waals surface area contributed by atoms with Crippen molar-refractivity contribution in [2.24, 2.45) is 0 Å². The number of carbonyl (C=O) groups is 4. The van der Waals surface area contributed by atoms with Crippen molar-refractivity contribution in [1.29, 1.82) is 0 Å². The predicted octanol–water partition coefficient (Wildman–Crippen LogP) is 4.03. The van der Waals surface area contributed by atoms with Crippen LogP contribution in [0.3, 0.4) is 0 Å². The van der Waals surface area contributed by atoms with E-state index >= 15 is 0 Å². The van der Waals surface area contributed by atoms with Crippen molar-refractivity contribution in [3.05, 3.63) is 95.6 Å². The van der Waals surface area contributed by atoms with E-state index in [0.29, 0.717) is 28.1 Å². The van der Waals surface area contributed by atoms with Crippen LogP contribution in [0.1, 0.15) is 38.7 Å². The third-order valence-electron chi connectivity index (χ3n) is 5.19. The van der Waals surface area contributed by atoms with Crippen molar-refractivity contribution in [3.8, 4) is 5.75 Å². The minimum Gasteiger partial charge on any atom is -0.497 e. The molecule has 0 aliphatic rings. The number of benzene rings is 3. The first-order chi connectivity index (χ1) is 16.0. The van der Waals surface area contributed by atoms with Gasteiger partial charge < -0.3 is 9.47 Å². The van der Waals surface area contributed by atoms with Crippen LogP contribution >= 0.6 is 0 Å². The maximum Gasteiger partial charge on any atom is 0.337 e. The van der Waals surface area contributed by atoms with Crippen LogP contribution in [0.5, 0.6) is 5.75 Å². The van der Waals surface area contributed by atoms with Gasteiger partial charge in [0.2, 0.25) is 6.29 Å². The summed E-state index contributed by atoms with van der Waals surface area (Å²) in [6.45, 7) is 0. The Kier molecular flexibility index (Phi) is 7.70. The molecule has 0 N–H and O–H groups in total. The van der Waals surface area contributed by atoms with Crippen molar-refractivity contribution in [3.63, 3.8) is 0 Å². The molecular weight excluding hydrogens is 422 g/mol. The zero-order chi connectivity index (χ0) is 23.8. The van der Waals surface area contributed by atoms with E-state index in [1.54, 1.807) is 60.7 Å². The van der Waals surface area contributed by atoms with Crippen LogP contribution in [-0.2, 0) is 14.3 Å². The van der Waals surface area contributed by atoms with Gasteiger partial charge in [0.05, 0.1) is 25.8 Å². The highest BCUT2D eigenvalue weighted by Crippen LogP contribution is 2.31. The molecule has 7 nitrogen and oxygen atoms in total. The van der Waals surface area contributed by atoms with Crippen LogP contribution in [0.2, 0.25) is 0 Å². The maximum absolute atomic E-state index is 13.1. The molecule has 7 heteroatoms. The number of hydrogen-bond donors (Lipinski definition) is 0. The van der Waals surface area contributed by atoms with Crippen LogP contribution in [0.25, 0.3) is 0 Å². The van der Waals surface area contributed by atoms with E-state index in [0.717, 1.165) is 0 Å². The topological polar surface area (TPSA) is 90.0 Å². The summed E-state index contributed by atoms with van der Waals surface area (Å²) < 4.78 is 9.85. The van der Waals surface area contributed by atoms with Crippen LogP contribution in [0, 0.1) is 0 Å². The fourth-order valence-corrected chi connectivity index (χ4v) is 3.50. The van der Waals surface area contributed by atoms with Gasteiger partial charge in [0.1, 0.15) is 5.75 Å². The van der Waals surface area contributed by atoms with Crippen molar-refractivity contribution in [1.82, 2.24) is 0 Å². The minimum atomic E-state index is -0.808. The van der Waals surface area contributed by atoms with E-state index in [1.807, 2.05) is 6.07 Å². The summed E-state index contributed by atoms with van der Waals surface area (Å²) in [5, 5.41) is 0. The standard InChI is InChI=1S/C26H23NO6/c1-32-22-14-10-19(11-15-22)24(29)16-23(18-6-4-3-5-7-18)27(25(30)17-28)21-12-8-20(9-13-21)26(31)33-2/h3-15,17,23H,16H2,1-2H3. The van der Waals surface area contributed by atoms with Crippen LogP contribution in [0.15, 0.2) is 78.9 Å². The molecule has 0 saturated carbocycles. The van der Waals surface area contributed by atoms with E-state index in [2.05, 4.69) is 0 Å². The van der Waals surface area contributed by atoms with Crippen molar-refractivity contribution < 1.29 is 28.7 Å². The Morgan fingerprint density at radius 1 is 0.848 bits per heavy atom. The van der Waals surface area contributed by atoms with Crippen molar-refractivity contribution in [2.75, 3.05) is 19.1 Å². The molecule has 3 rings (SSSR count). The summed E-state index contributed by atoms with van der Waals surface area (Å²) >= 11 is 0. The molecule has 1 amide bonds. The second-order valence-corrected chi connectivity index (χ2v) is 7.15. The molecule has 0 fully saturated rings. The number of carbonyl (C=O) groups excluding carboxylic acids is 4. The number of rotatable bonds is 9. The quantitative estimate of drug-likeness (QED) is 0.214. The Bertz CT molecular complexity index is 1120. The Hall–Kier alpha value is -4.26. The number of ether oxygens (including phenoxy) is 2. The van der Waals surface area contributed by atoms with Gasteiger partial charge >= 0.3 is 5.97 Å². The molecule has 0 bridgehead atoms. The monoisotopic (exact) mass is 445 g/mol. The highest BCUT2D eigenvalue weighted by atomic mass is 16.5. The van der Waals surface area contributed by atoms with Gasteiger partial charge in [-0.05, 0) is 54.1 Å². The first kappa shape index (κ1) is 23.4. The van der Waals surface area contributed by atoms with E-state index in [9.17, 15) is 19.2 Å². The van der Waals surface area contributed by atoms with Gasteiger partial charge in [-0.25, -0.2) is 4.79 Å². The SMILES string of the molecule is COC(=O)c1ccc(N(C(=O)C=O)C(CC(=O)c2ccc(OC)cc2)c2ccccc2)cc1. The number of aldehydes is 1. The van der Waals surface area contributed by atoms with E-state index < -0.39 is 17.9 Å². The predicted molar refractivity (Wildman–Crippen MR) is 122 cm³/mol. The molecule has 1 atom stereocenters. The summed E-state index contributed by atoms with van der Waals surface area (Å²) in [4.78, 5) is 50.5. The van der Waals surface area contributed by atoms with Crippen molar-refractivity contribution in [2.45, 2.75) is 12.5 Å². The second kappa shape index (κ2) is 10.9. The number of methoxy groups -OCH3 is 2. The molecule has 0 spiro atoms. The average Bonchev–Trinajstić information content (AvgIpc) is 2.88. The third-order valence-corrected chi connectivity index (χ3v) is 5.19. The lowest BCUT2D eigenvalue weighted by atomic mass is 9.95. The summed E-state index contributed by atoms with van der Waals surface area (Å²) in [7, 11) is 2.81. The molecular formula is C26H23NO6. The van der Waals surface area contributed by atoms with Gasteiger partial charge in [-0.2, -0.15) is 0 Å². The number of nitrogens with zero attached hydrogens (tertiary/aromatic N) is 1. The van der Waals surface area contributed by atoms with E-state index in [4.69, 9.17) is 9.47 Å². The summed E-state index contributed by atoms with van der Waals surface area (Å²) in [6.07, 6.45) is 0.149. The Balaban J connectivity index is 2.01. The smallest absolute Gasteiger partial charge is 0.337 e. The van der Waals surface area contributed by atoms with Gasteiger partial charge in [-0.1, -0.05) is 30.3 Å². The third kappa shape index (κ3) is 5.51. The first-order valence-electron chi connectivity index (χ1n) is 10.2. The summed E-state index contributed by atoms with van der Waals surface area (Å²) in [6, 6.07) is 21.0. The van der Waals surface area contributed by atoms with E-state index in [-0.39, 0.29) is 18.5 Å². The number of Topliss-reactive ketones (excluding diaryl/α,β-unsaturated/α-hetero) is 1. The zero-order valence-corrected chi connectivity index (χ0v) is 18.3. The molecule has 33 heavy (non-hydrogen) atoms. The molecule has 0 radical (unpaired) electrons. The number of amides is 1. The van der Waals surface area contributed by atoms with Crippen LogP contribution in [-0.4, -0.2) is 38.2 Å². The first-order valence-corrected chi connectivity index (χ1v) is 10.2. The normalized spacial score (nSPS) is 11.2. The second-order valence-electron chi connectivity index (χ2n) is 7.15. The lowest BCUT2D eigenvalue weighted by molar-refractivity contribution is -0.129. The fourth-order valence-electron chi connectivity index (χ4n) is 3.50. The Morgan fingerprint density at radius 2 is 1.45 bits per heavy atom. The number of anilines is 1. The Morgan fingerprint density at radius 3 is 2.00 bits per heavy atom. The van der Waals surface area contributed by atoms with Gasteiger partial charge in [0, 0.05) is 17.7 Å². The lowest BCUT2D eigenvalue weighted by Gasteiger charge is -2.31. The highest BCUT2D eigenvalue weighted by Gasteiger charge is 2.29. The molecule has 0 saturated heterocycles. The molecule has 3 aromatic rings. The van der Waals surface area contributed by atoms with Crippen molar-refractivity contribution >= 4 is 29.6 Å². The molecule has 0 aliphatic carbocycles. The average molecular weight is 445 g/mol. The van der Waals surface area contributed by atoms with Gasteiger partial charge in [0.25, 0.3) is 5.91 Å². The molecule has 1 unspecified atom stereocenters. The highest BCUT2D eigenvalue weighted by molar-refractivity contribution is 6.30. The van der Waals surface area contributed by atoms with E-state index in [1.165, 1.54) is 31.3 Å². The van der Waals surface area contributed by atoms with Gasteiger partial charge in [-0.3, -0.25) is 19.3 Å². The summed E-state index contributed by atoms with van der Waals surface area (Å²) in [5.41, 5.74) is 1.81. The van der Waals surface area contributed by atoms with Gasteiger partial charge in [0.15, 0.2) is 5.78 Å². The lowest BCUT2D eigenvalue weighted by Crippen LogP contribution is -2.37.